The summed E-state index contributed by atoms with van der Waals surface area (Å²) in [4.78, 5) is 96.6. The van der Waals surface area contributed by atoms with Gasteiger partial charge in [-0.15, -0.1) is 0 Å². The molecule has 0 unspecified atom stereocenters. The molecule has 0 saturated carbocycles. The molecule has 52 heavy (non-hydrogen) atoms. The molecule has 8 amide bonds. The Kier molecular flexibility index (Phi) is 9.98. The number of azo groups is 1. The van der Waals surface area contributed by atoms with Gasteiger partial charge in [0.05, 0.1) is 33.6 Å². The number of rotatable bonds is 12. The molecule has 0 atom stereocenters. The monoisotopic (exact) mass is 700 g/mol. The first-order valence-electron chi connectivity index (χ1n) is 15.8. The zero-order valence-electron chi connectivity index (χ0n) is 27.1. The fourth-order valence-corrected chi connectivity index (χ4v) is 5.19. The number of nitrogens with zero attached hydrogens (tertiary/aromatic N) is 2. The smallest absolute Gasteiger partial charge is 0.258 e. The molecular weight excluding hydrogens is 672 g/mol. The summed E-state index contributed by atoms with van der Waals surface area (Å²) in [6.07, 6.45) is -0.0142. The van der Waals surface area contributed by atoms with Crippen LogP contribution in [0.3, 0.4) is 0 Å². The van der Waals surface area contributed by atoms with Crippen molar-refractivity contribution in [3.8, 4) is 0 Å². The van der Waals surface area contributed by atoms with Gasteiger partial charge in [-0.1, -0.05) is 0 Å². The lowest BCUT2D eigenvalue weighted by Crippen LogP contribution is -2.27. The van der Waals surface area contributed by atoms with Crippen LogP contribution in [0.2, 0.25) is 0 Å². The van der Waals surface area contributed by atoms with Crippen molar-refractivity contribution in [2.24, 2.45) is 10.2 Å². The van der Waals surface area contributed by atoms with Crippen molar-refractivity contribution in [3.63, 3.8) is 0 Å². The maximum absolute atomic E-state index is 12.4. The maximum atomic E-state index is 12.4. The van der Waals surface area contributed by atoms with E-state index in [1.165, 1.54) is 36.4 Å². The van der Waals surface area contributed by atoms with E-state index in [0.717, 1.165) is 0 Å². The minimum atomic E-state index is -0.563. The van der Waals surface area contributed by atoms with Crippen LogP contribution in [0.5, 0.6) is 0 Å². The van der Waals surface area contributed by atoms with Gasteiger partial charge in [-0.2, -0.15) is 10.2 Å². The summed E-state index contributed by atoms with van der Waals surface area (Å²) in [7, 11) is 0. The molecule has 2 aliphatic rings. The Morgan fingerprint density at radius 2 is 0.846 bits per heavy atom. The van der Waals surface area contributed by atoms with Crippen LogP contribution in [0.1, 0.15) is 75.0 Å². The quantitative estimate of drug-likeness (QED) is 0.0945. The molecule has 0 aromatic heterocycles. The Labute approximate surface area is 294 Å². The predicted octanol–water partition coefficient (Wildman–Crippen LogP) is 3.39. The molecule has 4 aromatic carbocycles. The molecule has 4 aromatic rings. The molecule has 0 spiro atoms. The van der Waals surface area contributed by atoms with Crippen LogP contribution in [-0.2, 0) is 9.59 Å². The molecule has 0 saturated heterocycles. The maximum Gasteiger partial charge on any atom is 0.258 e. The molecule has 6 rings (SSSR count). The molecule has 2 aliphatic heterocycles. The number of hydrogen-bond donors (Lipinski definition) is 6. The normalized spacial score (nSPS) is 12.8. The van der Waals surface area contributed by atoms with Gasteiger partial charge in [-0.05, 0) is 84.9 Å². The zero-order chi connectivity index (χ0) is 36.8. The van der Waals surface area contributed by atoms with Crippen LogP contribution < -0.4 is 31.9 Å². The van der Waals surface area contributed by atoms with Crippen LogP contribution in [0.15, 0.2) is 95.2 Å². The van der Waals surface area contributed by atoms with Crippen molar-refractivity contribution >= 4 is 70.0 Å². The third-order valence-corrected chi connectivity index (χ3v) is 7.85. The molecule has 6 N–H and O–H groups in total. The minimum Gasteiger partial charge on any atom is -0.352 e. The Morgan fingerprint density at radius 1 is 0.481 bits per heavy atom. The molecule has 0 fully saturated rings. The number of benzene rings is 4. The van der Waals surface area contributed by atoms with Gasteiger partial charge in [0.25, 0.3) is 35.4 Å². The predicted molar refractivity (Wildman–Crippen MR) is 185 cm³/mol. The number of imide groups is 2. The van der Waals surface area contributed by atoms with Crippen molar-refractivity contribution in [2.75, 3.05) is 23.7 Å². The van der Waals surface area contributed by atoms with Gasteiger partial charge in [0.15, 0.2) is 0 Å². The number of carbonyl (C=O) groups is 8. The van der Waals surface area contributed by atoms with Gasteiger partial charge in [0.1, 0.15) is 0 Å². The number of amides is 8. The second-order valence-corrected chi connectivity index (χ2v) is 11.5. The highest BCUT2D eigenvalue weighted by Crippen LogP contribution is 2.23. The van der Waals surface area contributed by atoms with Gasteiger partial charge in [0, 0.05) is 48.4 Å². The number of hydrogen-bond acceptors (Lipinski definition) is 10. The van der Waals surface area contributed by atoms with Crippen molar-refractivity contribution in [2.45, 2.75) is 12.8 Å². The molecular formula is C36H28N8O8. The zero-order valence-corrected chi connectivity index (χ0v) is 27.1. The van der Waals surface area contributed by atoms with E-state index in [1.807, 2.05) is 0 Å². The Balaban J connectivity index is 0.894. The highest BCUT2D eigenvalue weighted by atomic mass is 16.2. The lowest BCUT2D eigenvalue weighted by molar-refractivity contribution is -0.116. The molecule has 0 bridgehead atoms. The van der Waals surface area contributed by atoms with Crippen molar-refractivity contribution in [1.82, 2.24) is 21.3 Å². The van der Waals surface area contributed by atoms with Crippen LogP contribution in [0.4, 0.5) is 22.7 Å². The standard InChI is InChI=1S/C36H28N8O8/c45-29(13-15-37-31(47)19-1-11-25-27(17-19)35(51)41-33(25)49)39-21-3-7-23(8-4-21)43-44-24-9-5-22(6-10-24)40-30(46)14-16-38-32(48)20-2-12-26-28(18-20)36(52)42-34(26)50/h1-12,17-18H,13-16H2,(H,37,47)(H,38,48)(H,39,45)(H,40,46)(H,41,49,51)(H,42,50,52)/b44-43+. The molecule has 260 valence electrons. The van der Waals surface area contributed by atoms with Crippen LogP contribution in [0, 0.1) is 0 Å². The van der Waals surface area contributed by atoms with Gasteiger partial charge in [0.2, 0.25) is 11.8 Å². The highest BCUT2D eigenvalue weighted by molar-refractivity contribution is 6.23. The van der Waals surface area contributed by atoms with E-state index in [1.54, 1.807) is 48.5 Å². The van der Waals surface area contributed by atoms with Gasteiger partial charge in [-0.3, -0.25) is 49.0 Å². The average Bonchev–Trinajstić information content (AvgIpc) is 3.59. The number of fused-ring (bicyclic) bond motifs is 2. The lowest BCUT2D eigenvalue weighted by atomic mass is 10.1. The van der Waals surface area contributed by atoms with Gasteiger partial charge >= 0.3 is 0 Å². The average molecular weight is 701 g/mol. The SMILES string of the molecule is O=C(CCNC(=O)c1ccc2c(c1)C(=O)NC2=O)Nc1ccc(/N=N/c2ccc(NC(=O)CCNC(=O)c3ccc4c(c3)C(=O)NC4=O)cc2)cc1. The van der Waals surface area contributed by atoms with E-state index in [4.69, 9.17) is 0 Å². The largest absolute Gasteiger partial charge is 0.352 e. The molecule has 16 nitrogen and oxygen atoms in total. The minimum absolute atomic E-state index is 0.00708. The third-order valence-electron chi connectivity index (χ3n) is 7.85. The molecule has 0 radical (unpaired) electrons. The van der Waals surface area contributed by atoms with E-state index in [9.17, 15) is 38.4 Å². The summed E-state index contributed by atoms with van der Waals surface area (Å²) >= 11 is 0. The van der Waals surface area contributed by atoms with E-state index >= 15 is 0 Å². The summed E-state index contributed by atoms with van der Waals surface area (Å²) in [5.74, 6) is -3.79. The molecule has 0 aliphatic carbocycles. The highest BCUT2D eigenvalue weighted by Gasteiger charge is 2.28. The number of carbonyl (C=O) groups excluding carboxylic acids is 8. The van der Waals surface area contributed by atoms with E-state index in [0.29, 0.717) is 22.7 Å². The topological polar surface area (TPSA) is 233 Å². The lowest BCUT2D eigenvalue weighted by Gasteiger charge is -2.08. The first-order valence-corrected chi connectivity index (χ1v) is 15.8. The summed E-state index contributed by atoms with van der Waals surface area (Å²) in [6, 6.07) is 21.6. The Hall–Kier alpha value is -7.36. The summed E-state index contributed by atoms with van der Waals surface area (Å²) < 4.78 is 0. The third kappa shape index (κ3) is 8.08. The second kappa shape index (κ2) is 15.0. The molecule has 16 heteroatoms. The van der Waals surface area contributed by atoms with Gasteiger partial charge < -0.3 is 21.3 Å². The fourth-order valence-electron chi connectivity index (χ4n) is 5.19. The Bertz CT molecular complexity index is 2040. The summed E-state index contributed by atoms with van der Waals surface area (Å²) in [5.41, 5.74) is 3.13. The Morgan fingerprint density at radius 3 is 1.23 bits per heavy atom. The fraction of sp³-hybridized carbons (Fsp3) is 0.111. The second-order valence-electron chi connectivity index (χ2n) is 11.5. The van der Waals surface area contributed by atoms with E-state index in [-0.39, 0.29) is 71.1 Å². The van der Waals surface area contributed by atoms with Crippen LogP contribution in [0.25, 0.3) is 0 Å². The van der Waals surface area contributed by atoms with Crippen molar-refractivity contribution < 1.29 is 38.4 Å². The summed E-state index contributed by atoms with van der Waals surface area (Å²) in [6.45, 7) is 0.0924. The first-order chi connectivity index (χ1) is 25.0. The van der Waals surface area contributed by atoms with Crippen molar-refractivity contribution in [3.05, 3.63) is 118 Å². The first kappa shape index (κ1) is 34.5. The number of anilines is 2. The van der Waals surface area contributed by atoms with Crippen LogP contribution >= 0.6 is 0 Å². The number of nitrogens with one attached hydrogen (secondary N) is 6. The van der Waals surface area contributed by atoms with Crippen molar-refractivity contribution in [1.29, 1.82) is 0 Å². The molecule has 2 heterocycles. The van der Waals surface area contributed by atoms with Gasteiger partial charge in [-0.25, -0.2) is 0 Å². The van der Waals surface area contributed by atoms with E-state index in [2.05, 4.69) is 42.1 Å². The summed E-state index contributed by atoms with van der Waals surface area (Å²) in [5, 5.41) is 23.4. The van der Waals surface area contributed by atoms with E-state index < -0.39 is 35.4 Å². The van der Waals surface area contributed by atoms with Crippen LogP contribution in [-0.4, -0.2) is 60.3 Å².